The fourth-order valence-electron chi connectivity index (χ4n) is 3.07. The molecular weight excluding hydrogens is 416 g/mol. The molecule has 1 aromatic heterocycles. The summed E-state index contributed by atoms with van der Waals surface area (Å²) >= 11 is 6.27. The minimum absolute atomic E-state index is 0.142. The summed E-state index contributed by atoms with van der Waals surface area (Å²) in [5.74, 6) is -0.125. The van der Waals surface area contributed by atoms with Crippen molar-refractivity contribution in [3.8, 4) is 5.75 Å². The third-order valence-electron chi connectivity index (χ3n) is 4.84. The number of hydrogen-bond acceptors (Lipinski definition) is 5. The van der Waals surface area contributed by atoms with Crippen LogP contribution in [-0.4, -0.2) is 35.2 Å². The van der Waals surface area contributed by atoms with Crippen molar-refractivity contribution >= 4 is 29.4 Å². The highest BCUT2D eigenvalue weighted by Crippen LogP contribution is 2.21. The zero-order valence-electron chi connectivity index (χ0n) is 17.6. The lowest BCUT2D eigenvalue weighted by molar-refractivity contribution is -0.142. The fourth-order valence-corrected chi connectivity index (χ4v) is 3.26. The monoisotopic (exact) mass is 438 g/mol. The highest BCUT2D eigenvalue weighted by atomic mass is 35.5. The molecule has 0 fully saturated rings. The van der Waals surface area contributed by atoms with Gasteiger partial charge in [0.25, 0.3) is 0 Å². The molecule has 3 rings (SSSR count). The first-order chi connectivity index (χ1) is 14.9. The van der Waals surface area contributed by atoms with Crippen molar-refractivity contribution in [3.05, 3.63) is 87.7 Å². The van der Waals surface area contributed by atoms with Gasteiger partial charge in [-0.1, -0.05) is 29.8 Å². The van der Waals surface area contributed by atoms with E-state index in [0.29, 0.717) is 22.9 Å². The van der Waals surface area contributed by atoms with Crippen LogP contribution in [-0.2, 0) is 16.1 Å². The van der Waals surface area contributed by atoms with Gasteiger partial charge < -0.3 is 9.47 Å². The third-order valence-corrected chi connectivity index (χ3v) is 5.21. The molecule has 7 heteroatoms. The molecule has 0 radical (unpaired) electrons. The number of ether oxygens (including phenoxy) is 2. The predicted octanol–water partition coefficient (Wildman–Crippen LogP) is 4.65. The molecule has 0 unspecified atom stereocenters. The van der Waals surface area contributed by atoms with Gasteiger partial charge in [0.15, 0.2) is 12.4 Å². The molecule has 6 nitrogen and oxygen atoms in total. The molecule has 0 atom stereocenters. The van der Waals surface area contributed by atoms with Gasteiger partial charge in [0.2, 0.25) is 0 Å². The van der Waals surface area contributed by atoms with Crippen LogP contribution in [0.3, 0.4) is 0 Å². The molecule has 0 aliphatic carbocycles. The number of nitrogens with zero attached hydrogens (tertiary/aromatic N) is 2. The van der Waals surface area contributed by atoms with E-state index < -0.39 is 5.97 Å². The van der Waals surface area contributed by atoms with Crippen molar-refractivity contribution in [2.75, 3.05) is 13.7 Å². The highest BCUT2D eigenvalue weighted by Gasteiger charge is 2.12. The molecule has 0 aliphatic rings. The van der Waals surface area contributed by atoms with Crippen LogP contribution in [0.15, 0.2) is 54.6 Å². The number of aromatic nitrogens is 2. The fraction of sp³-hybridized carbons (Fsp3) is 0.208. The second-order valence-electron chi connectivity index (χ2n) is 6.92. The van der Waals surface area contributed by atoms with E-state index in [0.717, 1.165) is 22.5 Å². The lowest BCUT2D eigenvalue weighted by atomic mass is 10.1. The van der Waals surface area contributed by atoms with Gasteiger partial charge in [-0.05, 0) is 61.9 Å². The number of allylic oxidation sites excluding steroid dienone is 1. The van der Waals surface area contributed by atoms with Crippen LogP contribution in [0.2, 0.25) is 5.02 Å². The minimum atomic E-state index is -0.469. The number of carbonyl (C=O) groups excluding carboxylic acids is 2. The van der Waals surface area contributed by atoms with Crippen molar-refractivity contribution in [2.45, 2.75) is 20.4 Å². The van der Waals surface area contributed by atoms with Crippen molar-refractivity contribution in [1.29, 1.82) is 0 Å². The number of benzene rings is 2. The highest BCUT2D eigenvalue weighted by molar-refractivity contribution is 6.31. The Morgan fingerprint density at radius 1 is 1.10 bits per heavy atom. The number of halogens is 1. The van der Waals surface area contributed by atoms with E-state index in [-0.39, 0.29) is 12.4 Å². The molecule has 2 aromatic carbocycles. The van der Waals surface area contributed by atoms with Crippen LogP contribution in [0.4, 0.5) is 0 Å². The normalized spacial score (nSPS) is 11.0. The second kappa shape index (κ2) is 10.1. The molecule has 0 saturated carbocycles. The van der Waals surface area contributed by atoms with Gasteiger partial charge in [0, 0.05) is 21.8 Å². The van der Waals surface area contributed by atoms with Crippen LogP contribution in [0, 0.1) is 13.8 Å². The summed E-state index contributed by atoms with van der Waals surface area (Å²) in [7, 11) is 1.30. The molecule has 31 heavy (non-hydrogen) atoms. The molecule has 3 aromatic rings. The molecule has 0 saturated heterocycles. The lowest BCUT2D eigenvalue weighted by Crippen LogP contribution is -2.12. The first-order valence-corrected chi connectivity index (χ1v) is 10.1. The van der Waals surface area contributed by atoms with Gasteiger partial charge >= 0.3 is 5.97 Å². The summed E-state index contributed by atoms with van der Waals surface area (Å²) in [6.07, 6.45) is 3.31. The summed E-state index contributed by atoms with van der Waals surface area (Å²) in [5.41, 5.74) is 4.18. The second-order valence-corrected chi connectivity index (χ2v) is 7.33. The van der Waals surface area contributed by atoms with Gasteiger partial charge in [-0.3, -0.25) is 9.48 Å². The van der Waals surface area contributed by atoms with E-state index >= 15 is 0 Å². The molecule has 1 heterocycles. The summed E-state index contributed by atoms with van der Waals surface area (Å²) in [5, 5.41) is 5.29. The number of ketones is 1. The Hall–Kier alpha value is -3.38. The maximum atomic E-state index is 12.6. The van der Waals surface area contributed by atoms with Gasteiger partial charge in [0.05, 0.1) is 19.3 Å². The maximum Gasteiger partial charge on any atom is 0.343 e. The molecule has 0 bridgehead atoms. The standard InChI is InChI=1S/C24H23ClN2O4/c1-16-21(17(2)27(26-16)14-19-6-4-5-7-22(19)25)12-13-23(28)18-8-10-20(11-9-18)31-15-24(29)30-3/h4-13H,14-15H2,1-3H3. The van der Waals surface area contributed by atoms with Crippen molar-refractivity contribution in [2.24, 2.45) is 0 Å². The van der Waals surface area contributed by atoms with Gasteiger partial charge in [-0.2, -0.15) is 5.10 Å². The topological polar surface area (TPSA) is 70.4 Å². The number of hydrogen-bond donors (Lipinski definition) is 0. The van der Waals surface area contributed by atoms with Gasteiger partial charge in [0.1, 0.15) is 5.75 Å². The average Bonchev–Trinajstić information content (AvgIpc) is 3.04. The Kier molecular flexibility index (Phi) is 7.26. The number of rotatable bonds is 8. The number of methoxy groups -OCH3 is 1. The Morgan fingerprint density at radius 2 is 1.81 bits per heavy atom. The van der Waals surface area contributed by atoms with Crippen LogP contribution >= 0.6 is 11.6 Å². The van der Waals surface area contributed by atoms with Gasteiger partial charge in [-0.15, -0.1) is 0 Å². The number of aryl methyl sites for hydroxylation is 1. The SMILES string of the molecule is COC(=O)COc1ccc(C(=O)C=Cc2c(C)nn(Cc3ccccc3Cl)c2C)cc1. The molecule has 0 N–H and O–H groups in total. The van der Waals surface area contributed by atoms with E-state index in [1.807, 2.05) is 42.8 Å². The van der Waals surface area contributed by atoms with E-state index in [4.69, 9.17) is 16.3 Å². The Morgan fingerprint density at radius 3 is 2.48 bits per heavy atom. The van der Waals surface area contributed by atoms with E-state index in [2.05, 4.69) is 9.84 Å². The maximum absolute atomic E-state index is 12.6. The smallest absolute Gasteiger partial charge is 0.343 e. The zero-order chi connectivity index (χ0) is 22.4. The number of carbonyl (C=O) groups is 2. The summed E-state index contributed by atoms with van der Waals surface area (Å²) in [4.78, 5) is 23.7. The first-order valence-electron chi connectivity index (χ1n) is 9.68. The molecule has 0 amide bonds. The Bertz CT molecular complexity index is 1120. The van der Waals surface area contributed by atoms with Crippen LogP contribution in [0.1, 0.15) is 32.9 Å². The van der Waals surface area contributed by atoms with Crippen LogP contribution in [0.5, 0.6) is 5.75 Å². The average molecular weight is 439 g/mol. The summed E-state index contributed by atoms with van der Waals surface area (Å²) in [6.45, 7) is 4.25. The first kappa shape index (κ1) is 22.3. The zero-order valence-corrected chi connectivity index (χ0v) is 18.3. The van der Waals surface area contributed by atoms with Crippen molar-refractivity contribution in [3.63, 3.8) is 0 Å². The lowest BCUT2D eigenvalue weighted by Gasteiger charge is -2.06. The molecule has 0 aliphatic heterocycles. The van der Waals surface area contributed by atoms with Gasteiger partial charge in [-0.25, -0.2) is 4.79 Å². The molecule has 0 spiro atoms. The van der Waals surface area contributed by atoms with E-state index in [1.54, 1.807) is 30.3 Å². The largest absolute Gasteiger partial charge is 0.482 e. The summed E-state index contributed by atoms with van der Waals surface area (Å²) < 4.78 is 11.7. The number of esters is 1. The van der Waals surface area contributed by atoms with Crippen LogP contribution < -0.4 is 4.74 Å². The Balaban J connectivity index is 1.70. The Labute approximate surface area is 186 Å². The summed E-state index contributed by atoms with van der Waals surface area (Å²) in [6, 6.07) is 14.2. The van der Waals surface area contributed by atoms with Crippen molar-refractivity contribution < 1.29 is 19.1 Å². The third kappa shape index (κ3) is 5.61. The van der Waals surface area contributed by atoms with E-state index in [1.165, 1.54) is 13.2 Å². The molecule has 160 valence electrons. The predicted molar refractivity (Wildman–Crippen MR) is 120 cm³/mol. The van der Waals surface area contributed by atoms with Crippen LogP contribution in [0.25, 0.3) is 6.08 Å². The van der Waals surface area contributed by atoms with E-state index in [9.17, 15) is 9.59 Å². The quantitative estimate of drug-likeness (QED) is 0.291. The molecular formula is C24H23ClN2O4. The van der Waals surface area contributed by atoms with Crippen molar-refractivity contribution in [1.82, 2.24) is 9.78 Å². The minimum Gasteiger partial charge on any atom is -0.482 e.